The minimum absolute atomic E-state index is 0.0260. The molecule has 90 heavy (non-hydrogen) atoms. The lowest BCUT2D eigenvalue weighted by Gasteiger charge is -2.42. The minimum atomic E-state index is -2.49. The molecular formula is C66H111N3O21. The Hall–Kier alpha value is -4.09. The Balaban J connectivity index is 1.37. The van der Waals surface area contributed by atoms with E-state index in [2.05, 4.69) is 5.32 Å². The Morgan fingerprint density at radius 1 is 0.711 bits per heavy atom. The van der Waals surface area contributed by atoms with E-state index in [1.54, 1.807) is 40.9 Å². The van der Waals surface area contributed by atoms with E-state index in [0.717, 1.165) is 10.5 Å². The molecule has 16 atom stereocenters. The van der Waals surface area contributed by atoms with Gasteiger partial charge in [0.05, 0.1) is 110 Å². The first kappa shape index (κ1) is 78.4. The molecule has 0 spiro atoms. The van der Waals surface area contributed by atoms with Crippen molar-refractivity contribution in [1.82, 2.24) is 10.2 Å². The summed E-state index contributed by atoms with van der Waals surface area (Å²) in [6, 6.07) is -2.13. The van der Waals surface area contributed by atoms with Crippen LogP contribution in [0.15, 0.2) is 47.6 Å². The molecule has 7 N–H and O–H groups in total. The zero-order chi connectivity index (χ0) is 66.0. The first-order chi connectivity index (χ1) is 43.1. The highest BCUT2D eigenvalue weighted by molar-refractivity contribution is 6.39. The van der Waals surface area contributed by atoms with E-state index in [-0.39, 0.29) is 62.8 Å². The zero-order valence-electron chi connectivity index (χ0n) is 55.2. The number of aliphatic hydroxyl groups excluding tert-OH is 3. The van der Waals surface area contributed by atoms with Crippen molar-refractivity contribution >= 4 is 29.5 Å². The second-order valence-corrected chi connectivity index (χ2v) is 24.4. The molecule has 0 aromatic carbocycles. The molecule has 2 bridgehead atoms. The minimum Gasteiger partial charge on any atom is -0.459 e. The molecule has 3 heterocycles. The van der Waals surface area contributed by atoms with Crippen LogP contribution in [-0.4, -0.2) is 241 Å². The fourth-order valence-electron chi connectivity index (χ4n) is 11.8. The molecule has 0 unspecified atom stereocenters. The van der Waals surface area contributed by atoms with Gasteiger partial charge in [0.1, 0.15) is 30.5 Å². The summed E-state index contributed by atoms with van der Waals surface area (Å²) in [5.74, 6) is -8.38. The number of allylic oxidation sites excluding steroid dienone is 5. The quantitative estimate of drug-likeness (QED) is 0.0263. The number of nitrogens with one attached hydrogen (secondary N) is 1. The van der Waals surface area contributed by atoms with Crippen molar-refractivity contribution in [3.63, 3.8) is 0 Å². The number of piperidine rings is 1. The number of nitrogens with zero attached hydrogens (tertiary/aromatic N) is 1. The van der Waals surface area contributed by atoms with Gasteiger partial charge >= 0.3 is 12.1 Å². The molecule has 516 valence electrons. The second kappa shape index (κ2) is 43.0. The number of aliphatic hydroxyl groups is 4. The number of esters is 1. The van der Waals surface area contributed by atoms with Crippen molar-refractivity contribution in [2.24, 2.45) is 35.3 Å². The van der Waals surface area contributed by atoms with Crippen LogP contribution in [0.2, 0.25) is 0 Å². The van der Waals surface area contributed by atoms with E-state index in [1.807, 2.05) is 51.2 Å². The van der Waals surface area contributed by atoms with Crippen LogP contribution in [0.4, 0.5) is 4.79 Å². The Labute approximate surface area is 534 Å². The first-order valence-corrected chi connectivity index (χ1v) is 32.7. The number of ketones is 2. The van der Waals surface area contributed by atoms with Gasteiger partial charge in [-0.3, -0.25) is 14.4 Å². The van der Waals surface area contributed by atoms with E-state index in [9.17, 15) is 44.4 Å². The van der Waals surface area contributed by atoms with Crippen molar-refractivity contribution in [3.8, 4) is 0 Å². The zero-order valence-corrected chi connectivity index (χ0v) is 55.2. The van der Waals surface area contributed by atoms with Gasteiger partial charge in [-0.25, -0.2) is 9.59 Å². The number of carbonyl (C=O) groups is 5. The van der Waals surface area contributed by atoms with Crippen LogP contribution < -0.4 is 11.1 Å². The monoisotopic (exact) mass is 1280 g/mol. The van der Waals surface area contributed by atoms with Gasteiger partial charge in [-0.1, -0.05) is 64.2 Å². The lowest BCUT2D eigenvalue weighted by Crippen LogP contribution is -2.61. The number of cyclic esters (lactones) is 1. The van der Waals surface area contributed by atoms with E-state index in [1.165, 1.54) is 7.11 Å². The molecule has 3 aliphatic heterocycles. The molecular weight excluding hydrogens is 1170 g/mol. The largest absolute Gasteiger partial charge is 0.459 e. The second-order valence-electron chi connectivity index (χ2n) is 24.4. The van der Waals surface area contributed by atoms with Crippen LogP contribution in [-0.2, 0) is 76.0 Å². The van der Waals surface area contributed by atoms with Gasteiger partial charge in [0.25, 0.3) is 11.7 Å². The summed E-state index contributed by atoms with van der Waals surface area (Å²) in [6.45, 7) is 18.9. The maximum atomic E-state index is 14.6. The average Bonchev–Trinajstić information content (AvgIpc) is 0.874. The van der Waals surface area contributed by atoms with E-state index < -0.39 is 114 Å². The van der Waals surface area contributed by atoms with Crippen LogP contribution in [0.25, 0.3) is 0 Å². The maximum absolute atomic E-state index is 14.6. The van der Waals surface area contributed by atoms with E-state index >= 15 is 0 Å². The maximum Gasteiger partial charge on any atom is 0.407 e. The number of carbonyl (C=O) groups excluding carboxylic acids is 5. The highest BCUT2D eigenvalue weighted by Crippen LogP contribution is 2.38. The lowest BCUT2D eigenvalue weighted by atomic mass is 9.80. The van der Waals surface area contributed by atoms with Crippen molar-refractivity contribution in [2.75, 3.05) is 120 Å². The summed E-state index contributed by atoms with van der Waals surface area (Å²) in [5, 5.41) is 49.1. The fourth-order valence-corrected chi connectivity index (χ4v) is 11.8. The predicted octanol–water partition coefficient (Wildman–Crippen LogP) is 4.88. The molecule has 3 fully saturated rings. The topological polar surface area (TPSA) is 318 Å². The summed E-state index contributed by atoms with van der Waals surface area (Å²) < 4.78 is 68.2. The molecule has 1 aliphatic carbocycles. The smallest absolute Gasteiger partial charge is 0.407 e. The third kappa shape index (κ3) is 27.1. The van der Waals surface area contributed by atoms with Gasteiger partial charge in [-0.05, 0) is 108 Å². The van der Waals surface area contributed by atoms with Gasteiger partial charge in [0.2, 0.25) is 5.79 Å². The number of hydrogen-bond acceptors (Lipinski definition) is 22. The van der Waals surface area contributed by atoms with Crippen molar-refractivity contribution in [1.29, 1.82) is 0 Å². The summed E-state index contributed by atoms with van der Waals surface area (Å²) >= 11 is 0. The number of nitrogens with two attached hydrogens (primary N) is 1. The summed E-state index contributed by atoms with van der Waals surface area (Å²) in [5.41, 5.74) is 8.11. The Morgan fingerprint density at radius 2 is 1.32 bits per heavy atom. The number of hydrogen-bond donors (Lipinski definition) is 6. The number of amides is 2. The first-order valence-electron chi connectivity index (χ1n) is 32.7. The average molecular weight is 1280 g/mol. The third-order valence-corrected chi connectivity index (χ3v) is 17.4. The lowest BCUT2D eigenvalue weighted by molar-refractivity contribution is -0.265. The van der Waals surface area contributed by atoms with E-state index in [4.69, 9.17) is 62.6 Å². The molecule has 0 aromatic heterocycles. The van der Waals surface area contributed by atoms with Crippen LogP contribution in [0, 0.1) is 29.6 Å². The van der Waals surface area contributed by atoms with Gasteiger partial charge in [-0.15, -0.1) is 0 Å². The molecule has 2 amide bonds. The molecule has 1 saturated carbocycles. The van der Waals surface area contributed by atoms with E-state index in [0.29, 0.717) is 137 Å². The van der Waals surface area contributed by atoms with Crippen LogP contribution in [0.1, 0.15) is 126 Å². The number of rotatable bonds is 28. The van der Waals surface area contributed by atoms with Crippen LogP contribution >= 0.6 is 0 Å². The summed E-state index contributed by atoms with van der Waals surface area (Å²) in [4.78, 5) is 71.0. The molecule has 24 nitrogen and oxygen atoms in total. The van der Waals surface area contributed by atoms with Gasteiger partial charge < -0.3 is 93.2 Å². The Bertz CT molecular complexity index is 2230. The molecule has 4 aliphatic rings. The molecule has 0 aromatic rings. The number of fused-ring (bicyclic) bond motifs is 3. The molecule has 24 heteroatoms. The van der Waals surface area contributed by atoms with Crippen molar-refractivity contribution in [3.05, 3.63) is 47.6 Å². The van der Waals surface area contributed by atoms with Gasteiger partial charge in [0.15, 0.2) is 5.78 Å². The highest BCUT2D eigenvalue weighted by Gasteiger charge is 2.53. The van der Waals surface area contributed by atoms with Gasteiger partial charge in [0, 0.05) is 70.6 Å². The normalized spacial score (nSPS) is 33.2. The standard InChI is InChI=1S/C66H111N3O21/c1-10-81-26-27-83-30-31-85-34-35-87-37-36-86-33-32-84-29-28-82-25-23-68-65(77)89-55-22-20-50(41-58(55)80-9)40-52(67)57-43-54(70)46(4)39-48(6)60(72)61(73)59(71)47(5)38-44(2)16-12-11-13-17-45(3)56(79-8)42-51-21-19-49(7)66(78,90-51)62(74)63(75)69-24-15-14-18-53(69)64(76)88-57/h11-13,16-17,39,44,46-47,49-58,60-61,70,72-73,78H,10,14-15,18-38,40-43,67H2,1-9H3,(H,68,77)/b13-11+,16-12+,45-17+,48-39+/t44-,46-,47-,49-,50+,51+,52-,53+,54-,55-,56+,57+,58-,60-,61+,66-/m1/s1. The van der Waals surface area contributed by atoms with Crippen molar-refractivity contribution in [2.45, 2.75) is 192 Å². The van der Waals surface area contributed by atoms with Crippen molar-refractivity contribution < 1.29 is 101 Å². The van der Waals surface area contributed by atoms with Gasteiger partial charge in [-0.2, -0.15) is 0 Å². The molecule has 2 saturated heterocycles. The summed E-state index contributed by atoms with van der Waals surface area (Å²) in [6.07, 6.45) is 6.57. The predicted molar refractivity (Wildman–Crippen MR) is 334 cm³/mol. The highest BCUT2D eigenvalue weighted by atomic mass is 16.6. The SMILES string of the molecule is CCOCCOCCOCCOCCOCCOCCOCCNC(=O)O[C@@H]1CC[C@@H](C[C@@H](N)[C@@H]2C[C@@H](O)[C@H](C)/C=C(\C)[C@@H](O)[C@@H](O)C(=O)[C@H](C)C[C@H](C)/C=C/C=C/C=C(\C)[C@@H](OC)C[C@@H]3CC[C@@H](C)[C@@](O)(O3)C(=O)C(=O)N3CCCC[C@H]3C(=O)O2)C[C@H]1OC. The number of alkyl carbamates (subject to hydrolysis) is 1. The third-order valence-electron chi connectivity index (χ3n) is 17.4. The molecule has 0 radical (unpaired) electrons. The Morgan fingerprint density at radius 3 is 1.92 bits per heavy atom. The van der Waals surface area contributed by atoms with Crippen LogP contribution in [0.5, 0.6) is 0 Å². The number of Topliss-reactive ketones (excluding diaryl/α,β-unsaturated/α-hetero) is 2. The number of ether oxygens (including phenoxy) is 12. The molecule has 4 rings (SSSR count). The Kier molecular flexibility index (Phi) is 37.4. The number of methoxy groups -OCH3 is 2. The fraction of sp³-hybridized carbons (Fsp3) is 0.803. The summed E-state index contributed by atoms with van der Waals surface area (Å²) in [7, 11) is 3.08. The van der Waals surface area contributed by atoms with Crippen LogP contribution in [0.3, 0.4) is 0 Å².